The summed E-state index contributed by atoms with van der Waals surface area (Å²) in [6, 6.07) is 7.28. The average molecular weight is 231 g/mol. The Morgan fingerprint density at radius 2 is 2.29 bits per heavy atom. The van der Waals surface area contributed by atoms with Gasteiger partial charge in [0.1, 0.15) is 11.6 Å². The SMILES string of the molecule is Cn1ccnc1C(CCN)c1cccc(O)c1. The van der Waals surface area contributed by atoms with Crippen LogP contribution < -0.4 is 5.73 Å². The highest BCUT2D eigenvalue weighted by Crippen LogP contribution is 2.28. The molecule has 1 aromatic carbocycles. The van der Waals surface area contributed by atoms with Crippen LogP contribution in [0.1, 0.15) is 23.7 Å². The van der Waals surface area contributed by atoms with Gasteiger partial charge in [-0.1, -0.05) is 12.1 Å². The highest BCUT2D eigenvalue weighted by atomic mass is 16.3. The molecule has 4 nitrogen and oxygen atoms in total. The lowest BCUT2D eigenvalue weighted by Crippen LogP contribution is -2.12. The fourth-order valence-electron chi connectivity index (χ4n) is 2.07. The van der Waals surface area contributed by atoms with Crippen molar-refractivity contribution in [1.82, 2.24) is 9.55 Å². The summed E-state index contributed by atoms with van der Waals surface area (Å²) in [6.45, 7) is 0.590. The number of rotatable bonds is 4. The zero-order chi connectivity index (χ0) is 12.3. The fraction of sp³-hybridized carbons (Fsp3) is 0.308. The molecule has 1 unspecified atom stereocenters. The summed E-state index contributed by atoms with van der Waals surface area (Å²) in [5.41, 5.74) is 6.71. The molecule has 4 heteroatoms. The Bertz CT molecular complexity index is 493. The minimum atomic E-state index is 0.132. The molecule has 1 heterocycles. The molecule has 0 bridgehead atoms. The topological polar surface area (TPSA) is 64.1 Å². The smallest absolute Gasteiger partial charge is 0.115 e. The van der Waals surface area contributed by atoms with Crippen molar-refractivity contribution in [3.63, 3.8) is 0 Å². The maximum Gasteiger partial charge on any atom is 0.115 e. The molecule has 0 aliphatic carbocycles. The molecule has 1 atom stereocenters. The molecule has 0 radical (unpaired) electrons. The molecule has 0 saturated carbocycles. The molecule has 90 valence electrons. The van der Waals surface area contributed by atoms with E-state index in [1.807, 2.05) is 29.9 Å². The highest BCUT2D eigenvalue weighted by molar-refractivity contribution is 5.33. The first kappa shape index (κ1) is 11.7. The summed E-state index contributed by atoms with van der Waals surface area (Å²) >= 11 is 0. The predicted molar refractivity (Wildman–Crippen MR) is 66.8 cm³/mol. The van der Waals surface area contributed by atoms with Crippen LogP contribution in [0.2, 0.25) is 0 Å². The van der Waals surface area contributed by atoms with Gasteiger partial charge in [-0.15, -0.1) is 0 Å². The van der Waals surface area contributed by atoms with Crippen molar-refractivity contribution in [2.24, 2.45) is 12.8 Å². The summed E-state index contributed by atoms with van der Waals surface area (Å²) in [5, 5.41) is 9.54. The van der Waals surface area contributed by atoms with Crippen LogP contribution >= 0.6 is 0 Å². The Labute approximate surface area is 101 Å². The van der Waals surface area contributed by atoms with Gasteiger partial charge < -0.3 is 15.4 Å². The van der Waals surface area contributed by atoms with Gasteiger partial charge in [0.15, 0.2) is 0 Å². The molecule has 0 amide bonds. The van der Waals surface area contributed by atoms with Crippen LogP contribution in [0.25, 0.3) is 0 Å². The van der Waals surface area contributed by atoms with Crippen LogP contribution in [0.4, 0.5) is 0 Å². The predicted octanol–water partition coefficient (Wildman–Crippen LogP) is 1.61. The number of aromatic hydroxyl groups is 1. The molecule has 2 aromatic rings. The summed E-state index contributed by atoms with van der Waals surface area (Å²) < 4.78 is 1.99. The lowest BCUT2D eigenvalue weighted by Gasteiger charge is -2.16. The van der Waals surface area contributed by atoms with E-state index in [-0.39, 0.29) is 11.7 Å². The summed E-state index contributed by atoms with van der Waals surface area (Å²) in [4.78, 5) is 4.37. The van der Waals surface area contributed by atoms with Crippen molar-refractivity contribution < 1.29 is 5.11 Å². The standard InChI is InChI=1S/C13H17N3O/c1-16-8-7-15-13(16)12(5-6-14)10-3-2-4-11(17)9-10/h2-4,7-9,12,17H,5-6,14H2,1H3. The van der Waals surface area contributed by atoms with Crippen LogP contribution in [0.5, 0.6) is 5.75 Å². The van der Waals surface area contributed by atoms with Crippen molar-refractivity contribution in [1.29, 1.82) is 0 Å². The first-order valence-corrected chi connectivity index (χ1v) is 5.68. The van der Waals surface area contributed by atoms with Gasteiger partial charge in [0, 0.05) is 25.4 Å². The lowest BCUT2D eigenvalue weighted by atomic mass is 9.94. The summed E-state index contributed by atoms with van der Waals surface area (Å²) in [7, 11) is 1.97. The maximum atomic E-state index is 9.54. The second-order valence-electron chi connectivity index (χ2n) is 4.12. The normalized spacial score (nSPS) is 12.6. The molecule has 3 N–H and O–H groups in total. The van der Waals surface area contributed by atoms with E-state index in [0.29, 0.717) is 6.54 Å². The molecule has 0 aliphatic rings. The van der Waals surface area contributed by atoms with E-state index >= 15 is 0 Å². The largest absolute Gasteiger partial charge is 0.508 e. The van der Waals surface area contributed by atoms with Gasteiger partial charge in [-0.05, 0) is 30.7 Å². The zero-order valence-corrected chi connectivity index (χ0v) is 9.87. The van der Waals surface area contributed by atoms with Crippen LogP contribution in [0.15, 0.2) is 36.7 Å². The quantitative estimate of drug-likeness (QED) is 0.840. The third-order valence-corrected chi connectivity index (χ3v) is 2.90. The number of aromatic nitrogens is 2. The number of phenols is 1. The van der Waals surface area contributed by atoms with Gasteiger partial charge in [0.25, 0.3) is 0 Å². The van der Waals surface area contributed by atoms with E-state index < -0.39 is 0 Å². The van der Waals surface area contributed by atoms with E-state index in [9.17, 15) is 5.11 Å². The van der Waals surface area contributed by atoms with Crippen molar-refractivity contribution in [2.45, 2.75) is 12.3 Å². The zero-order valence-electron chi connectivity index (χ0n) is 9.87. The minimum Gasteiger partial charge on any atom is -0.508 e. The second kappa shape index (κ2) is 5.01. The van der Waals surface area contributed by atoms with Gasteiger partial charge in [-0.3, -0.25) is 0 Å². The Kier molecular flexibility index (Phi) is 3.44. The number of hydrogen-bond acceptors (Lipinski definition) is 3. The maximum absolute atomic E-state index is 9.54. The van der Waals surface area contributed by atoms with Gasteiger partial charge in [-0.25, -0.2) is 4.98 Å². The number of aryl methyl sites for hydroxylation is 1. The highest BCUT2D eigenvalue weighted by Gasteiger charge is 2.17. The first-order chi connectivity index (χ1) is 8.22. The van der Waals surface area contributed by atoms with Crippen molar-refractivity contribution in [3.05, 3.63) is 48.0 Å². The molecule has 0 aliphatic heterocycles. The van der Waals surface area contributed by atoms with E-state index in [0.717, 1.165) is 17.8 Å². The van der Waals surface area contributed by atoms with Crippen LogP contribution in [0, 0.1) is 0 Å². The van der Waals surface area contributed by atoms with E-state index in [4.69, 9.17) is 5.73 Å². The van der Waals surface area contributed by atoms with E-state index in [1.165, 1.54) is 0 Å². The van der Waals surface area contributed by atoms with Gasteiger partial charge in [-0.2, -0.15) is 0 Å². The van der Waals surface area contributed by atoms with E-state index in [2.05, 4.69) is 4.98 Å². The first-order valence-electron chi connectivity index (χ1n) is 5.68. The second-order valence-corrected chi connectivity index (χ2v) is 4.12. The fourth-order valence-corrected chi connectivity index (χ4v) is 2.07. The molecule has 0 spiro atoms. The third kappa shape index (κ3) is 2.47. The monoisotopic (exact) mass is 231 g/mol. The molecule has 0 saturated heterocycles. The Morgan fingerprint density at radius 3 is 2.88 bits per heavy atom. The van der Waals surface area contributed by atoms with Crippen LogP contribution in [0.3, 0.4) is 0 Å². The molecular weight excluding hydrogens is 214 g/mol. The number of hydrogen-bond donors (Lipinski definition) is 2. The summed E-state index contributed by atoms with van der Waals surface area (Å²) in [6.07, 6.45) is 4.51. The number of nitrogens with two attached hydrogens (primary N) is 1. The van der Waals surface area contributed by atoms with Gasteiger partial charge in [0.05, 0.1) is 0 Å². The Hall–Kier alpha value is -1.81. The Morgan fingerprint density at radius 1 is 1.47 bits per heavy atom. The minimum absolute atomic E-state index is 0.132. The number of benzene rings is 1. The van der Waals surface area contributed by atoms with Gasteiger partial charge >= 0.3 is 0 Å². The molecule has 0 fully saturated rings. The number of imidazole rings is 1. The molecular formula is C13H17N3O. The number of phenolic OH excluding ortho intramolecular Hbond substituents is 1. The molecule has 2 rings (SSSR count). The number of nitrogens with zero attached hydrogens (tertiary/aromatic N) is 2. The third-order valence-electron chi connectivity index (χ3n) is 2.90. The molecule has 17 heavy (non-hydrogen) atoms. The van der Waals surface area contributed by atoms with Crippen LogP contribution in [-0.4, -0.2) is 21.2 Å². The average Bonchev–Trinajstić information content (AvgIpc) is 2.72. The lowest BCUT2D eigenvalue weighted by molar-refractivity contribution is 0.473. The van der Waals surface area contributed by atoms with Crippen molar-refractivity contribution >= 4 is 0 Å². The Balaban J connectivity index is 2.39. The van der Waals surface area contributed by atoms with Crippen molar-refractivity contribution in [3.8, 4) is 5.75 Å². The molecule has 1 aromatic heterocycles. The van der Waals surface area contributed by atoms with Gasteiger partial charge in [0.2, 0.25) is 0 Å². The van der Waals surface area contributed by atoms with Crippen molar-refractivity contribution in [2.75, 3.05) is 6.54 Å². The van der Waals surface area contributed by atoms with E-state index in [1.54, 1.807) is 18.3 Å². The summed E-state index contributed by atoms with van der Waals surface area (Å²) in [5.74, 6) is 1.38. The van der Waals surface area contributed by atoms with Crippen LogP contribution in [-0.2, 0) is 7.05 Å².